The summed E-state index contributed by atoms with van der Waals surface area (Å²) in [5.41, 5.74) is 0.343. The van der Waals surface area contributed by atoms with E-state index in [1.807, 2.05) is 85.8 Å². The van der Waals surface area contributed by atoms with Crippen molar-refractivity contribution in [2.24, 2.45) is 4.99 Å². The number of pyridine rings is 2. The predicted octanol–water partition coefficient (Wildman–Crippen LogP) is 12.3. The number of ether oxygens (including phenoxy) is 6. The number of aromatic nitrogens is 2. The van der Waals surface area contributed by atoms with E-state index >= 15 is 26.3 Å². The fourth-order valence-electron chi connectivity index (χ4n) is 11.4. The van der Waals surface area contributed by atoms with Gasteiger partial charge in [-0.05, 0) is 117 Å². The molecule has 10 rings (SSSR count). The Morgan fingerprint density at radius 1 is 0.741 bits per heavy atom. The van der Waals surface area contributed by atoms with E-state index in [1.165, 1.54) is 32.2 Å². The molecular formula is C64H65ClF6N8O6. The van der Waals surface area contributed by atoms with Crippen LogP contribution in [0.25, 0.3) is 16.9 Å². The molecule has 0 amide bonds. The predicted molar refractivity (Wildman–Crippen MR) is 313 cm³/mol. The van der Waals surface area contributed by atoms with Gasteiger partial charge in [0.15, 0.2) is 11.6 Å². The van der Waals surface area contributed by atoms with Crippen molar-refractivity contribution in [1.82, 2.24) is 25.1 Å². The second-order valence-corrected chi connectivity index (χ2v) is 22.1. The number of rotatable bonds is 20. The van der Waals surface area contributed by atoms with Gasteiger partial charge in [-0.2, -0.15) is 13.2 Å². The number of hydrogen-bond acceptors (Lipinski definition) is 14. The van der Waals surface area contributed by atoms with Crippen LogP contribution in [0.4, 0.5) is 38.0 Å². The lowest BCUT2D eigenvalue weighted by atomic mass is 9.94. The molecule has 446 valence electrons. The van der Waals surface area contributed by atoms with Crippen LogP contribution < -0.4 is 49.4 Å². The first-order valence-electron chi connectivity index (χ1n) is 27.4. The van der Waals surface area contributed by atoms with Crippen molar-refractivity contribution in [2.75, 3.05) is 58.5 Å². The molecule has 0 saturated carbocycles. The van der Waals surface area contributed by atoms with Gasteiger partial charge >= 0.3 is 12.1 Å². The number of hydrogen-bond donors (Lipinski definition) is 1. The van der Waals surface area contributed by atoms with Crippen molar-refractivity contribution in [2.45, 2.75) is 90.1 Å². The Kier molecular flexibility index (Phi) is 17.1. The van der Waals surface area contributed by atoms with Crippen LogP contribution in [0.1, 0.15) is 72.2 Å². The zero-order chi connectivity index (χ0) is 60.5. The highest BCUT2D eigenvalue weighted by Crippen LogP contribution is 2.46. The molecule has 2 atom stereocenters. The molecule has 2 aromatic heterocycles. The van der Waals surface area contributed by atoms with E-state index in [1.54, 1.807) is 81.4 Å². The van der Waals surface area contributed by atoms with Gasteiger partial charge in [0.1, 0.15) is 52.7 Å². The average molecular weight is 1190 g/mol. The molecule has 0 radical (unpaired) electrons. The Bertz CT molecular complexity index is 3630. The van der Waals surface area contributed by atoms with Crippen LogP contribution in [0.3, 0.4) is 0 Å². The summed E-state index contributed by atoms with van der Waals surface area (Å²) in [5, 5.41) is 3.03. The molecule has 1 saturated heterocycles. The number of anilines is 2. The smallest absolute Gasteiger partial charge is 0.418 e. The minimum absolute atomic E-state index is 0.00485. The third kappa shape index (κ3) is 12.6. The van der Waals surface area contributed by atoms with Crippen molar-refractivity contribution in [3.8, 4) is 39.9 Å². The van der Waals surface area contributed by atoms with E-state index in [0.717, 1.165) is 28.5 Å². The molecule has 21 heteroatoms. The summed E-state index contributed by atoms with van der Waals surface area (Å²) in [7, 11) is 7.85. The Labute approximate surface area is 494 Å². The van der Waals surface area contributed by atoms with Crippen LogP contribution in [0.5, 0.6) is 28.7 Å². The van der Waals surface area contributed by atoms with Crippen LogP contribution in [0.2, 0.25) is 5.02 Å². The largest absolute Gasteiger partial charge is 0.497 e. The van der Waals surface area contributed by atoms with Gasteiger partial charge in [0.2, 0.25) is 0 Å². The van der Waals surface area contributed by atoms with Crippen molar-refractivity contribution < 1.29 is 54.8 Å². The maximum Gasteiger partial charge on any atom is 0.418 e. The summed E-state index contributed by atoms with van der Waals surface area (Å²) < 4.78 is 131. The van der Waals surface area contributed by atoms with E-state index in [-0.39, 0.29) is 64.1 Å². The Balaban J connectivity index is 1.18. The van der Waals surface area contributed by atoms with Crippen LogP contribution >= 0.6 is 11.6 Å². The lowest BCUT2D eigenvalue weighted by Crippen LogP contribution is -2.46. The van der Waals surface area contributed by atoms with Gasteiger partial charge in [0.05, 0.1) is 74.4 Å². The minimum atomic E-state index is -4.95. The molecule has 1 unspecified atom stereocenters. The van der Waals surface area contributed by atoms with E-state index in [2.05, 4.69) is 15.2 Å². The normalized spacial score (nSPS) is 16.0. The first-order chi connectivity index (χ1) is 40.6. The van der Waals surface area contributed by atoms with Crippen LogP contribution in [-0.4, -0.2) is 86.0 Å². The Morgan fingerprint density at radius 3 is 1.69 bits per heavy atom. The number of likely N-dealkylation sites (tertiary alicyclic amines) is 1. The zero-order valence-corrected chi connectivity index (χ0v) is 49.2. The second kappa shape index (κ2) is 24.3. The zero-order valence-electron chi connectivity index (χ0n) is 48.5. The first kappa shape index (κ1) is 59.8. The van der Waals surface area contributed by atoms with Crippen molar-refractivity contribution >= 4 is 29.1 Å². The summed E-state index contributed by atoms with van der Waals surface area (Å²) in [6.45, 7) is 6.70. The highest BCUT2D eigenvalue weighted by atomic mass is 35.5. The van der Waals surface area contributed by atoms with E-state index < -0.39 is 65.4 Å². The number of benzene rings is 5. The fourth-order valence-corrected chi connectivity index (χ4v) is 11.7. The van der Waals surface area contributed by atoms with Gasteiger partial charge in [-0.15, -0.1) is 0 Å². The number of alkyl halides is 5. The SMILES string of the molecule is COc1ccc(CN(Cc2ccc(OC)cc2)c2ncccc2C(C)N2C=C(OC(C)(C)[C@@H]3CC(F)(F)CN3C)Oc3c(F)c(-c4c(N(Cc5ccc(OC)cc5)Cc5ccc(OC)cc5)ncc(C(F)(F)F)c4C)c(Cl)c4c3=C2NCN=4)cc1. The van der Waals surface area contributed by atoms with Crippen LogP contribution in [0, 0.1) is 12.7 Å². The lowest BCUT2D eigenvalue weighted by Gasteiger charge is -2.37. The molecule has 14 nitrogen and oxygen atoms in total. The molecule has 0 bridgehead atoms. The summed E-state index contributed by atoms with van der Waals surface area (Å²) in [5.74, 6) is -1.73. The average Bonchev–Trinajstić information content (AvgIpc) is 2.08. The number of nitrogens with one attached hydrogen (secondary N) is 1. The third-order valence-corrected chi connectivity index (χ3v) is 16.1. The Hall–Kier alpha value is -8.36. The highest BCUT2D eigenvalue weighted by Gasteiger charge is 2.51. The standard InChI is InChI=1S/C64H65ClF6N8O6/c1-38-49(64(69,70)71)30-73-60(78(33-42-16-24-46(82-8)25-17-42)34-43-18-26-47(83-9)27-19-43)52(38)53-55(65)57-54-58(56(53)66)84-51(85-62(3,4)50-29-63(67,68)36-76(50)5)35-79(61(54)75-37-74-57)39(2)48-11-10-28-72-59(48)77(31-40-12-20-44(80-6)21-13-40)32-41-14-22-45(81-7)23-15-41/h10-28,30,35,39,50,75H,29,31-34,36-37H2,1-9H3/t39?,50-/m0/s1. The second-order valence-electron chi connectivity index (χ2n) is 21.7. The fraction of sp³-hybridized carbons (Fsp3) is 0.328. The van der Waals surface area contributed by atoms with Crippen LogP contribution in [0.15, 0.2) is 139 Å². The van der Waals surface area contributed by atoms with Crippen LogP contribution in [-0.2, 0) is 37.1 Å². The van der Waals surface area contributed by atoms with Gasteiger partial charge in [-0.3, -0.25) is 9.89 Å². The number of halogens is 7. The molecule has 3 aliphatic rings. The van der Waals surface area contributed by atoms with Gasteiger partial charge < -0.3 is 48.4 Å². The van der Waals surface area contributed by atoms with Crippen molar-refractivity contribution in [3.63, 3.8) is 0 Å². The monoisotopic (exact) mass is 1190 g/mol. The number of nitrogens with zero attached hydrogens (tertiary/aromatic N) is 7. The summed E-state index contributed by atoms with van der Waals surface area (Å²) in [6, 6.07) is 31.8. The quantitative estimate of drug-likeness (QED) is 0.0730. The maximum absolute atomic E-state index is 19.0. The molecule has 5 heterocycles. The first-order valence-corrected chi connectivity index (χ1v) is 27.8. The number of likely N-dealkylation sites (N-methyl/N-ethyl adjacent to an activating group) is 1. The van der Waals surface area contributed by atoms with Gasteiger partial charge in [-0.1, -0.05) is 66.2 Å². The summed E-state index contributed by atoms with van der Waals surface area (Å²) >= 11 is 7.55. The van der Waals surface area contributed by atoms with E-state index in [0.29, 0.717) is 47.5 Å². The summed E-state index contributed by atoms with van der Waals surface area (Å²) in [4.78, 5) is 21.5. The molecule has 3 aliphatic heterocycles. The molecule has 85 heavy (non-hydrogen) atoms. The van der Waals surface area contributed by atoms with Crippen molar-refractivity contribution in [3.05, 3.63) is 194 Å². The maximum atomic E-state index is 19.0. The van der Waals surface area contributed by atoms with Crippen molar-refractivity contribution in [1.29, 1.82) is 0 Å². The molecule has 1 N–H and O–H groups in total. The highest BCUT2D eigenvalue weighted by molar-refractivity contribution is 6.33. The van der Waals surface area contributed by atoms with Gasteiger partial charge in [0, 0.05) is 61.7 Å². The molecule has 1 fully saturated rings. The lowest BCUT2D eigenvalue weighted by molar-refractivity contribution is -0.138. The molecule has 0 aliphatic carbocycles. The molecule has 5 aromatic carbocycles. The Morgan fingerprint density at radius 2 is 1.24 bits per heavy atom. The third-order valence-electron chi connectivity index (χ3n) is 15.7. The van der Waals surface area contributed by atoms with E-state index in [9.17, 15) is 0 Å². The molecular weight excluding hydrogens is 1130 g/mol. The number of methoxy groups -OCH3 is 4. The minimum Gasteiger partial charge on any atom is -0.497 e. The molecule has 7 aromatic rings. The topological polar surface area (TPSA) is 119 Å². The molecule has 0 spiro atoms. The van der Waals surface area contributed by atoms with Gasteiger partial charge in [0.25, 0.3) is 5.92 Å². The van der Waals surface area contributed by atoms with E-state index in [4.69, 9.17) is 50.0 Å². The summed E-state index contributed by atoms with van der Waals surface area (Å²) in [6.07, 6.45) is -1.56. The van der Waals surface area contributed by atoms with Gasteiger partial charge in [-0.25, -0.2) is 23.1 Å².